The maximum Gasteiger partial charge on any atom is 0.287 e. The number of amides is 2. The van der Waals surface area contributed by atoms with Gasteiger partial charge in [-0.15, -0.1) is 0 Å². The number of aromatic nitrogens is 2. The molecule has 0 spiro atoms. The lowest BCUT2D eigenvalue weighted by atomic mass is 10.1. The zero-order valence-corrected chi connectivity index (χ0v) is 15.0. The number of halogens is 1. The van der Waals surface area contributed by atoms with E-state index in [1.807, 2.05) is 18.4 Å². The lowest BCUT2D eigenvalue weighted by molar-refractivity contribution is 0.0933. The molecule has 2 amide bonds. The van der Waals surface area contributed by atoms with Crippen molar-refractivity contribution in [1.82, 2.24) is 14.9 Å². The number of rotatable bonds is 5. The van der Waals surface area contributed by atoms with Gasteiger partial charge in [0.15, 0.2) is 11.5 Å². The van der Waals surface area contributed by atoms with Crippen LogP contribution in [0.15, 0.2) is 24.3 Å². The van der Waals surface area contributed by atoms with E-state index >= 15 is 0 Å². The number of nitrogens with zero attached hydrogens (tertiary/aromatic N) is 2. The van der Waals surface area contributed by atoms with Crippen molar-refractivity contribution >= 4 is 17.5 Å². The first-order valence-electron chi connectivity index (χ1n) is 8.90. The summed E-state index contributed by atoms with van der Waals surface area (Å²) < 4.78 is 15.2. The predicted octanol–water partition coefficient (Wildman–Crippen LogP) is 3.00. The normalized spacial score (nSPS) is 13.4. The molecule has 1 aromatic carbocycles. The van der Waals surface area contributed by atoms with Crippen LogP contribution in [-0.4, -0.2) is 27.9 Å². The molecule has 2 heterocycles. The number of fused-ring (bicyclic) bond motifs is 1. The summed E-state index contributed by atoms with van der Waals surface area (Å²) >= 11 is 0. The zero-order valence-electron chi connectivity index (χ0n) is 15.0. The first-order chi connectivity index (χ1) is 12.5. The lowest BCUT2D eigenvalue weighted by Gasteiger charge is -2.17. The zero-order chi connectivity index (χ0) is 18.7. The SMILES string of the molecule is CC(C)CNC(=O)c1nc(C(=O)Nc2cccc(F)c2)c2n1CCCC2. The smallest absolute Gasteiger partial charge is 0.287 e. The monoisotopic (exact) mass is 358 g/mol. The van der Waals surface area contributed by atoms with Crippen LogP contribution in [0.3, 0.4) is 0 Å². The van der Waals surface area contributed by atoms with Crippen molar-refractivity contribution in [3.05, 3.63) is 47.3 Å². The van der Waals surface area contributed by atoms with E-state index in [0.29, 0.717) is 31.1 Å². The van der Waals surface area contributed by atoms with Crippen molar-refractivity contribution in [1.29, 1.82) is 0 Å². The van der Waals surface area contributed by atoms with E-state index in [-0.39, 0.29) is 17.4 Å². The van der Waals surface area contributed by atoms with E-state index < -0.39 is 11.7 Å². The lowest BCUT2D eigenvalue weighted by Crippen LogP contribution is -2.30. The predicted molar refractivity (Wildman–Crippen MR) is 96.7 cm³/mol. The summed E-state index contributed by atoms with van der Waals surface area (Å²) in [6.07, 6.45) is 2.58. The quantitative estimate of drug-likeness (QED) is 0.863. The molecule has 6 nitrogen and oxygen atoms in total. The maximum absolute atomic E-state index is 13.3. The van der Waals surface area contributed by atoms with Crippen molar-refractivity contribution in [2.45, 2.75) is 39.7 Å². The van der Waals surface area contributed by atoms with Crippen LogP contribution in [0.25, 0.3) is 0 Å². The van der Waals surface area contributed by atoms with Gasteiger partial charge < -0.3 is 15.2 Å². The Morgan fingerprint density at radius 3 is 2.81 bits per heavy atom. The molecule has 0 bridgehead atoms. The van der Waals surface area contributed by atoms with Crippen LogP contribution in [0, 0.1) is 11.7 Å². The Bertz CT molecular complexity index is 829. The van der Waals surface area contributed by atoms with Crippen LogP contribution in [0.4, 0.5) is 10.1 Å². The fraction of sp³-hybridized carbons (Fsp3) is 0.421. The molecule has 1 aliphatic rings. The third kappa shape index (κ3) is 3.92. The number of anilines is 1. The van der Waals surface area contributed by atoms with Gasteiger partial charge in [0.25, 0.3) is 11.8 Å². The van der Waals surface area contributed by atoms with Gasteiger partial charge in [0, 0.05) is 18.8 Å². The van der Waals surface area contributed by atoms with Crippen molar-refractivity contribution < 1.29 is 14.0 Å². The van der Waals surface area contributed by atoms with Gasteiger partial charge in [-0.25, -0.2) is 9.37 Å². The van der Waals surface area contributed by atoms with E-state index in [1.54, 1.807) is 6.07 Å². The van der Waals surface area contributed by atoms with Crippen LogP contribution in [0.1, 0.15) is 53.5 Å². The maximum atomic E-state index is 13.3. The molecule has 0 radical (unpaired) electrons. The van der Waals surface area contributed by atoms with Gasteiger partial charge in [-0.2, -0.15) is 0 Å². The van der Waals surface area contributed by atoms with Gasteiger partial charge in [-0.3, -0.25) is 9.59 Å². The Balaban J connectivity index is 1.87. The van der Waals surface area contributed by atoms with Crippen LogP contribution in [0.2, 0.25) is 0 Å². The molecule has 0 aliphatic carbocycles. The van der Waals surface area contributed by atoms with Gasteiger partial charge in [0.1, 0.15) is 5.82 Å². The van der Waals surface area contributed by atoms with Gasteiger partial charge in [0.2, 0.25) is 0 Å². The molecule has 1 aromatic heterocycles. The molecule has 26 heavy (non-hydrogen) atoms. The second kappa shape index (κ2) is 7.68. The number of carbonyl (C=O) groups is 2. The largest absolute Gasteiger partial charge is 0.349 e. The molecule has 0 saturated carbocycles. The number of hydrogen-bond acceptors (Lipinski definition) is 3. The van der Waals surface area contributed by atoms with Gasteiger partial charge in [-0.05, 0) is 43.4 Å². The summed E-state index contributed by atoms with van der Waals surface area (Å²) in [6, 6.07) is 5.69. The average Bonchev–Trinajstić information content (AvgIpc) is 2.99. The third-order valence-corrected chi connectivity index (χ3v) is 4.29. The summed E-state index contributed by atoms with van der Waals surface area (Å²) in [6.45, 7) is 5.24. The number of nitrogens with one attached hydrogen (secondary N) is 2. The molecule has 0 unspecified atom stereocenters. The highest BCUT2D eigenvalue weighted by atomic mass is 19.1. The highest BCUT2D eigenvalue weighted by Gasteiger charge is 2.27. The Morgan fingerprint density at radius 1 is 1.27 bits per heavy atom. The Hall–Kier alpha value is -2.70. The van der Waals surface area contributed by atoms with E-state index in [0.717, 1.165) is 18.5 Å². The standard InChI is InChI=1S/C19H23FN4O2/c1-12(2)11-21-19(26)17-23-16(15-8-3-4-9-24(15)17)18(25)22-14-7-5-6-13(20)10-14/h5-7,10,12H,3-4,8-9,11H2,1-2H3,(H,21,26)(H,22,25). The topological polar surface area (TPSA) is 76.0 Å². The van der Waals surface area contributed by atoms with Crippen LogP contribution >= 0.6 is 0 Å². The fourth-order valence-electron chi connectivity index (χ4n) is 3.03. The fourth-order valence-corrected chi connectivity index (χ4v) is 3.03. The van der Waals surface area contributed by atoms with Crippen molar-refractivity contribution in [2.75, 3.05) is 11.9 Å². The van der Waals surface area contributed by atoms with Crippen LogP contribution in [-0.2, 0) is 13.0 Å². The molecule has 0 fully saturated rings. The second-order valence-corrected chi connectivity index (χ2v) is 6.91. The summed E-state index contributed by atoms with van der Waals surface area (Å²) in [5.74, 6) is -0.533. The number of benzene rings is 1. The molecule has 0 saturated heterocycles. The van der Waals surface area contributed by atoms with Gasteiger partial charge in [-0.1, -0.05) is 19.9 Å². The third-order valence-electron chi connectivity index (χ3n) is 4.29. The highest BCUT2D eigenvalue weighted by Crippen LogP contribution is 2.22. The van der Waals surface area contributed by atoms with Crippen LogP contribution < -0.4 is 10.6 Å². The Kier molecular flexibility index (Phi) is 5.35. The van der Waals surface area contributed by atoms with Crippen molar-refractivity contribution in [3.8, 4) is 0 Å². The number of hydrogen-bond donors (Lipinski definition) is 2. The molecule has 2 N–H and O–H groups in total. The van der Waals surface area contributed by atoms with E-state index in [4.69, 9.17) is 0 Å². The summed E-state index contributed by atoms with van der Waals surface area (Å²) in [5, 5.41) is 5.52. The molecule has 1 aliphatic heterocycles. The summed E-state index contributed by atoms with van der Waals surface area (Å²) in [5.41, 5.74) is 1.36. The molecule has 0 atom stereocenters. The van der Waals surface area contributed by atoms with E-state index in [2.05, 4.69) is 15.6 Å². The highest BCUT2D eigenvalue weighted by molar-refractivity contribution is 6.05. The minimum atomic E-state index is -0.427. The summed E-state index contributed by atoms with van der Waals surface area (Å²) in [4.78, 5) is 29.5. The molecular weight excluding hydrogens is 335 g/mol. The Morgan fingerprint density at radius 2 is 2.08 bits per heavy atom. The van der Waals surface area contributed by atoms with Gasteiger partial charge in [0.05, 0.1) is 5.69 Å². The van der Waals surface area contributed by atoms with Gasteiger partial charge >= 0.3 is 0 Å². The first kappa shape index (κ1) is 18.1. The minimum Gasteiger partial charge on any atom is -0.349 e. The Labute approximate surface area is 151 Å². The first-order valence-corrected chi connectivity index (χ1v) is 8.90. The number of carbonyl (C=O) groups excluding carboxylic acids is 2. The van der Waals surface area contributed by atoms with E-state index in [1.165, 1.54) is 18.2 Å². The molecule has 2 aromatic rings. The molecule has 7 heteroatoms. The van der Waals surface area contributed by atoms with Crippen LogP contribution in [0.5, 0.6) is 0 Å². The summed E-state index contributed by atoms with van der Waals surface area (Å²) in [7, 11) is 0. The molecule has 3 rings (SSSR count). The molecular formula is C19H23FN4O2. The van der Waals surface area contributed by atoms with E-state index in [9.17, 15) is 14.0 Å². The molecule has 138 valence electrons. The second-order valence-electron chi connectivity index (χ2n) is 6.91. The van der Waals surface area contributed by atoms with Crippen molar-refractivity contribution in [3.63, 3.8) is 0 Å². The average molecular weight is 358 g/mol. The number of imidazole rings is 1. The minimum absolute atomic E-state index is 0.239. The van der Waals surface area contributed by atoms with Crippen molar-refractivity contribution in [2.24, 2.45) is 5.92 Å².